The number of fused-ring (bicyclic) bond motifs is 1. The number of rotatable bonds is 6. The highest BCUT2D eigenvalue weighted by molar-refractivity contribution is 5.96. The summed E-state index contributed by atoms with van der Waals surface area (Å²) >= 11 is 0. The van der Waals surface area contributed by atoms with Gasteiger partial charge in [-0.15, -0.1) is 0 Å². The Labute approximate surface area is 203 Å². The highest BCUT2D eigenvalue weighted by atomic mass is 19.4. The van der Waals surface area contributed by atoms with Crippen molar-refractivity contribution in [1.29, 1.82) is 5.41 Å². The molecule has 1 aromatic heterocycles. The predicted molar refractivity (Wildman–Crippen MR) is 124 cm³/mol. The summed E-state index contributed by atoms with van der Waals surface area (Å²) in [6, 6.07) is 7.28. The topological polar surface area (TPSA) is 146 Å². The number of halogens is 3. The van der Waals surface area contributed by atoms with E-state index in [0.717, 1.165) is 16.8 Å². The summed E-state index contributed by atoms with van der Waals surface area (Å²) in [5, 5.41) is 26.6. The van der Waals surface area contributed by atoms with Crippen molar-refractivity contribution >= 4 is 17.6 Å². The summed E-state index contributed by atoms with van der Waals surface area (Å²) in [6.45, 7) is -0.197. The molecule has 12 heteroatoms. The monoisotopic (exact) mass is 500 g/mol. The van der Waals surface area contributed by atoms with Crippen LogP contribution in [-0.2, 0) is 25.6 Å². The summed E-state index contributed by atoms with van der Waals surface area (Å²) in [5.74, 6) is -1.67. The molecular weight excluding hydrogens is 477 g/mol. The number of alkyl halides is 3. The van der Waals surface area contributed by atoms with Crippen LogP contribution >= 0.6 is 0 Å². The van der Waals surface area contributed by atoms with Crippen LogP contribution in [0.15, 0.2) is 36.4 Å². The molecule has 0 spiro atoms. The number of carbonyl (C=O) groups is 2. The number of hydrogen-bond donors (Lipinski definition) is 5. The molecule has 2 amide bonds. The van der Waals surface area contributed by atoms with Gasteiger partial charge in [-0.1, -0.05) is 0 Å². The molecule has 9 nitrogen and oxygen atoms in total. The van der Waals surface area contributed by atoms with Crippen LogP contribution < -0.4 is 16.4 Å². The van der Waals surface area contributed by atoms with Gasteiger partial charge in [-0.05, 0) is 55.7 Å². The number of benzene rings is 2. The fourth-order valence-corrected chi connectivity index (χ4v) is 4.20. The number of phenols is 1. The molecule has 0 bridgehead atoms. The first-order valence-electron chi connectivity index (χ1n) is 11.0. The van der Waals surface area contributed by atoms with Crippen molar-refractivity contribution in [3.8, 4) is 11.4 Å². The number of nitrogens with zero attached hydrogens (tertiary/aromatic N) is 2. The van der Waals surface area contributed by atoms with Crippen LogP contribution in [0.25, 0.3) is 5.69 Å². The third-order valence-corrected chi connectivity index (χ3v) is 5.99. The lowest BCUT2D eigenvalue weighted by atomic mass is 10.1. The third-order valence-electron chi connectivity index (χ3n) is 5.99. The molecule has 0 aliphatic heterocycles. The molecule has 0 unspecified atom stereocenters. The highest BCUT2D eigenvalue weighted by Gasteiger charge is 2.37. The smallest absolute Gasteiger partial charge is 0.418 e. The number of nitrogens with one attached hydrogen (secondary N) is 3. The second kappa shape index (κ2) is 9.36. The lowest BCUT2D eigenvalue weighted by Gasteiger charge is -2.16. The van der Waals surface area contributed by atoms with E-state index in [2.05, 4.69) is 15.7 Å². The third kappa shape index (κ3) is 4.61. The standard InChI is InChI=1S/C24H23F3N6O3/c1-30-23(36)20-15-3-2-4-17(15)33(32-20)18-7-5-13(10-16(18)24(25,26)27)22(35)31-11-14-9-12(21(28)29)6-8-19(14)34/h5-10,34H,2-4,11H2,1H3,(H3,28,29)(H,30,36)(H,31,35). The normalized spacial score (nSPS) is 12.8. The van der Waals surface area contributed by atoms with E-state index in [4.69, 9.17) is 11.1 Å². The molecule has 0 fully saturated rings. The van der Waals surface area contributed by atoms with Gasteiger partial charge in [0.2, 0.25) is 0 Å². The first-order chi connectivity index (χ1) is 17.0. The van der Waals surface area contributed by atoms with Gasteiger partial charge in [-0.3, -0.25) is 15.0 Å². The number of amidine groups is 1. The van der Waals surface area contributed by atoms with Crippen molar-refractivity contribution in [1.82, 2.24) is 20.4 Å². The number of nitrogen functional groups attached to an aromatic ring is 1. The van der Waals surface area contributed by atoms with Gasteiger partial charge in [-0.2, -0.15) is 18.3 Å². The maximum atomic E-state index is 14.1. The van der Waals surface area contributed by atoms with Gasteiger partial charge in [0.15, 0.2) is 5.69 Å². The van der Waals surface area contributed by atoms with Gasteiger partial charge in [0.1, 0.15) is 11.6 Å². The van der Waals surface area contributed by atoms with Gasteiger partial charge in [0, 0.05) is 41.5 Å². The van der Waals surface area contributed by atoms with E-state index in [1.54, 1.807) is 0 Å². The van der Waals surface area contributed by atoms with Crippen LogP contribution in [0.1, 0.15) is 55.2 Å². The van der Waals surface area contributed by atoms with Crippen LogP contribution in [0.3, 0.4) is 0 Å². The molecule has 188 valence electrons. The number of aromatic nitrogens is 2. The average Bonchev–Trinajstić information content (AvgIpc) is 3.45. The summed E-state index contributed by atoms with van der Waals surface area (Å²) in [5.41, 5.74) is 5.66. The molecule has 6 N–H and O–H groups in total. The maximum Gasteiger partial charge on any atom is 0.418 e. The predicted octanol–water partition coefficient (Wildman–Crippen LogP) is 2.66. The van der Waals surface area contributed by atoms with E-state index in [1.165, 1.54) is 31.3 Å². The van der Waals surface area contributed by atoms with E-state index in [0.29, 0.717) is 36.1 Å². The van der Waals surface area contributed by atoms with Gasteiger partial charge in [-0.25, -0.2) is 4.68 Å². The molecule has 0 saturated heterocycles. The maximum absolute atomic E-state index is 14.1. The Morgan fingerprint density at radius 1 is 1.14 bits per heavy atom. The van der Waals surface area contributed by atoms with Crippen molar-refractivity contribution < 1.29 is 27.9 Å². The van der Waals surface area contributed by atoms with E-state index in [9.17, 15) is 27.9 Å². The minimum absolute atomic E-state index is 0.0903. The first kappa shape index (κ1) is 24.8. The Morgan fingerprint density at radius 2 is 1.86 bits per heavy atom. The van der Waals surface area contributed by atoms with Crippen molar-refractivity contribution in [3.05, 3.63) is 75.6 Å². The van der Waals surface area contributed by atoms with Gasteiger partial charge in [0.05, 0.1) is 11.3 Å². The van der Waals surface area contributed by atoms with E-state index in [-0.39, 0.29) is 40.6 Å². The minimum atomic E-state index is -4.80. The number of amides is 2. The molecule has 36 heavy (non-hydrogen) atoms. The van der Waals surface area contributed by atoms with Crippen molar-refractivity contribution in [2.45, 2.75) is 32.0 Å². The zero-order chi connectivity index (χ0) is 26.2. The Kier molecular flexibility index (Phi) is 6.44. The van der Waals surface area contributed by atoms with Crippen LogP contribution in [0.2, 0.25) is 0 Å². The molecule has 1 aliphatic carbocycles. The fraction of sp³-hybridized carbons (Fsp3) is 0.250. The lowest BCUT2D eigenvalue weighted by molar-refractivity contribution is -0.137. The number of aromatic hydroxyl groups is 1. The fourth-order valence-electron chi connectivity index (χ4n) is 4.20. The van der Waals surface area contributed by atoms with Crippen molar-refractivity contribution in [2.75, 3.05) is 7.05 Å². The average molecular weight is 500 g/mol. The molecule has 1 heterocycles. The zero-order valence-electron chi connectivity index (χ0n) is 19.2. The van der Waals surface area contributed by atoms with Gasteiger partial charge in [0.25, 0.3) is 11.8 Å². The Bertz CT molecular complexity index is 1380. The van der Waals surface area contributed by atoms with Gasteiger partial charge < -0.3 is 21.5 Å². The van der Waals surface area contributed by atoms with Crippen molar-refractivity contribution in [2.24, 2.45) is 5.73 Å². The van der Waals surface area contributed by atoms with Crippen LogP contribution in [0.4, 0.5) is 13.2 Å². The molecular formula is C24H23F3N6O3. The molecule has 0 saturated carbocycles. The SMILES string of the molecule is CNC(=O)c1nn(-c2ccc(C(=O)NCc3cc(C(=N)N)ccc3O)cc2C(F)(F)F)c2c1CCC2. The van der Waals surface area contributed by atoms with E-state index in [1.807, 2.05) is 0 Å². The molecule has 4 rings (SSSR count). The van der Waals surface area contributed by atoms with Crippen molar-refractivity contribution in [3.63, 3.8) is 0 Å². The second-order valence-corrected chi connectivity index (χ2v) is 8.29. The molecule has 0 radical (unpaired) electrons. The molecule has 0 atom stereocenters. The molecule has 1 aliphatic rings. The Hall–Kier alpha value is -4.35. The minimum Gasteiger partial charge on any atom is -0.508 e. The van der Waals surface area contributed by atoms with Crippen LogP contribution in [-0.4, -0.2) is 39.6 Å². The highest BCUT2D eigenvalue weighted by Crippen LogP contribution is 2.37. The largest absolute Gasteiger partial charge is 0.508 e. The summed E-state index contributed by atoms with van der Waals surface area (Å²) in [7, 11) is 1.42. The number of hydrogen-bond acceptors (Lipinski definition) is 5. The quantitative estimate of drug-likeness (QED) is 0.261. The van der Waals surface area contributed by atoms with Gasteiger partial charge >= 0.3 is 6.18 Å². The second-order valence-electron chi connectivity index (χ2n) is 8.29. The van der Waals surface area contributed by atoms with Crippen LogP contribution in [0, 0.1) is 5.41 Å². The number of carbonyl (C=O) groups excluding carboxylic acids is 2. The lowest BCUT2D eigenvalue weighted by Crippen LogP contribution is -2.24. The summed E-state index contributed by atoms with van der Waals surface area (Å²) in [6.07, 6.45) is -3.10. The Morgan fingerprint density at radius 3 is 2.53 bits per heavy atom. The molecule has 3 aromatic rings. The number of phenolic OH excluding ortho intramolecular Hbond substituents is 1. The van der Waals surface area contributed by atoms with E-state index < -0.39 is 23.6 Å². The van der Waals surface area contributed by atoms with Crippen LogP contribution in [0.5, 0.6) is 5.75 Å². The summed E-state index contributed by atoms with van der Waals surface area (Å²) < 4.78 is 43.3. The first-order valence-corrected chi connectivity index (χ1v) is 11.0. The molecule has 2 aromatic carbocycles. The summed E-state index contributed by atoms with van der Waals surface area (Å²) in [4.78, 5) is 24.9. The number of nitrogens with two attached hydrogens (primary N) is 1. The Balaban J connectivity index is 1.67. The van der Waals surface area contributed by atoms with E-state index >= 15 is 0 Å². The zero-order valence-corrected chi connectivity index (χ0v) is 19.2.